The Labute approximate surface area is 120 Å². The maximum absolute atomic E-state index is 11.9. The number of hydrogen-bond donors (Lipinski definition) is 4. The molecule has 2 atom stereocenters. The highest BCUT2D eigenvalue weighted by Crippen LogP contribution is 2.05. The molecule has 106 valence electrons. The van der Waals surface area contributed by atoms with Gasteiger partial charge in [-0.25, -0.2) is 0 Å². The maximum Gasteiger partial charge on any atom is 0.237 e. The summed E-state index contributed by atoms with van der Waals surface area (Å²) >= 11 is 4.28. The number of nitrogens with two attached hydrogens (primary N) is 2. The van der Waals surface area contributed by atoms with Crippen molar-refractivity contribution < 1.29 is 4.79 Å². The monoisotopic (exact) mass is 281 g/mol. The summed E-state index contributed by atoms with van der Waals surface area (Å²) in [5.41, 5.74) is 12.4. The number of benzene rings is 1. The minimum atomic E-state index is -0.485. The molecule has 0 spiro atoms. The van der Waals surface area contributed by atoms with E-state index in [-0.39, 0.29) is 11.9 Å². The Morgan fingerprint density at radius 3 is 2.58 bits per heavy atom. The van der Waals surface area contributed by atoms with Crippen molar-refractivity contribution in [3.63, 3.8) is 0 Å². The van der Waals surface area contributed by atoms with Crippen LogP contribution in [0.2, 0.25) is 0 Å². The van der Waals surface area contributed by atoms with Gasteiger partial charge in [0.25, 0.3) is 0 Å². The fourth-order valence-corrected chi connectivity index (χ4v) is 2.06. The molecule has 5 heteroatoms. The fraction of sp³-hybridized carbons (Fsp3) is 0.500. The van der Waals surface area contributed by atoms with E-state index in [2.05, 4.69) is 17.9 Å². The number of thiol groups is 1. The minimum absolute atomic E-state index is 0.00200. The second-order valence-corrected chi connectivity index (χ2v) is 4.98. The third-order valence-electron chi connectivity index (χ3n) is 2.95. The van der Waals surface area contributed by atoms with Gasteiger partial charge in [0.05, 0.1) is 6.04 Å². The van der Waals surface area contributed by atoms with Crippen LogP contribution in [0.3, 0.4) is 0 Å². The van der Waals surface area contributed by atoms with Crippen molar-refractivity contribution in [2.75, 3.05) is 12.3 Å². The van der Waals surface area contributed by atoms with Gasteiger partial charge in [0, 0.05) is 11.8 Å². The van der Waals surface area contributed by atoms with E-state index in [1.165, 1.54) is 5.56 Å². The van der Waals surface area contributed by atoms with Crippen molar-refractivity contribution in [3.05, 3.63) is 35.9 Å². The summed E-state index contributed by atoms with van der Waals surface area (Å²) in [4.78, 5) is 11.9. The van der Waals surface area contributed by atoms with E-state index in [0.29, 0.717) is 18.7 Å². The predicted molar refractivity (Wildman–Crippen MR) is 82.2 cm³/mol. The van der Waals surface area contributed by atoms with Gasteiger partial charge >= 0.3 is 0 Å². The van der Waals surface area contributed by atoms with Gasteiger partial charge in [0.1, 0.15) is 0 Å². The molecule has 1 amide bonds. The number of carbonyl (C=O) groups is 1. The van der Waals surface area contributed by atoms with Crippen LogP contribution in [0.25, 0.3) is 0 Å². The van der Waals surface area contributed by atoms with Crippen molar-refractivity contribution in [2.24, 2.45) is 11.5 Å². The predicted octanol–water partition coefficient (Wildman–Crippen LogP) is 0.710. The molecule has 19 heavy (non-hydrogen) atoms. The van der Waals surface area contributed by atoms with Crippen molar-refractivity contribution in [3.8, 4) is 0 Å². The normalized spacial score (nSPS) is 13.8. The number of amides is 1. The Hall–Kier alpha value is -1.04. The lowest BCUT2D eigenvalue weighted by Gasteiger charge is -2.19. The molecule has 1 aromatic carbocycles. The second-order valence-electron chi connectivity index (χ2n) is 4.62. The first kappa shape index (κ1) is 16.0. The van der Waals surface area contributed by atoms with Gasteiger partial charge in [-0.3, -0.25) is 4.79 Å². The molecular formula is C14H23N3OS. The second kappa shape index (κ2) is 8.96. The highest BCUT2D eigenvalue weighted by molar-refractivity contribution is 7.80. The van der Waals surface area contributed by atoms with Crippen molar-refractivity contribution in [1.29, 1.82) is 0 Å². The van der Waals surface area contributed by atoms with Gasteiger partial charge in [-0.05, 0) is 31.4 Å². The smallest absolute Gasteiger partial charge is 0.237 e. The van der Waals surface area contributed by atoms with Crippen molar-refractivity contribution >= 4 is 18.5 Å². The first-order valence-corrected chi connectivity index (χ1v) is 7.21. The van der Waals surface area contributed by atoms with E-state index in [1.807, 2.05) is 30.3 Å². The summed E-state index contributed by atoms with van der Waals surface area (Å²) in [6, 6.07) is 9.54. The first-order chi connectivity index (χ1) is 9.17. The van der Waals surface area contributed by atoms with Crippen LogP contribution in [-0.2, 0) is 11.2 Å². The molecule has 0 heterocycles. The van der Waals surface area contributed by atoms with Crippen LogP contribution in [0.15, 0.2) is 30.3 Å². The van der Waals surface area contributed by atoms with Crippen LogP contribution in [0.1, 0.15) is 18.4 Å². The Bertz CT molecular complexity index is 372. The van der Waals surface area contributed by atoms with Crippen LogP contribution < -0.4 is 16.8 Å². The molecule has 0 aliphatic rings. The summed E-state index contributed by atoms with van der Waals surface area (Å²) < 4.78 is 0. The summed E-state index contributed by atoms with van der Waals surface area (Å²) in [6.45, 7) is 0.557. The number of hydrogen-bond acceptors (Lipinski definition) is 4. The Kier molecular flexibility index (Phi) is 7.55. The minimum Gasteiger partial charge on any atom is -0.351 e. The summed E-state index contributed by atoms with van der Waals surface area (Å²) in [6.07, 6.45) is 2.14. The molecule has 0 bridgehead atoms. The van der Waals surface area contributed by atoms with E-state index in [1.54, 1.807) is 0 Å². The summed E-state index contributed by atoms with van der Waals surface area (Å²) in [7, 11) is 0. The summed E-state index contributed by atoms with van der Waals surface area (Å²) in [5, 5.41) is 2.94. The molecule has 0 radical (unpaired) electrons. The topological polar surface area (TPSA) is 81.1 Å². The maximum atomic E-state index is 11.9. The van der Waals surface area contributed by atoms with Gasteiger partial charge in [-0.15, -0.1) is 0 Å². The molecule has 1 aromatic rings. The van der Waals surface area contributed by atoms with Crippen LogP contribution in [0, 0.1) is 0 Å². The van der Waals surface area contributed by atoms with E-state index in [4.69, 9.17) is 11.5 Å². The first-order valence-electron chi connectivity index (χ1n) is 6.58. The average Bonchev–Trinajstić information content (AvgIpc) is 2.44. The Morgan fingerprint density at radius 2 is 2.00 bits per heavy atom. The lowest BCUT2D eigenvalue weighted by Crippen LogP contribution is -2.47. The summed E-state index contributed by atoms with van der Waals surface area (Å²) in [5.74, 6) is 0.466. The highest BCUT2D eigenvalue weighted by atomic mass is 32.1. The van der Waals surface area contributed by atoms with Crippen molar-refractivity contribution in [2.45, 2.75) is 31.3 Å². The Balaban J connectivity index is 2.45. The lowest BCUT2D eigenvalue weighted by atomic mass is 10.1. The Morgan fingerprint density at radius 1 is 1.32 bits per heavy atom. The van der Waals surface area contributed by atoms with Crippen LogP contribution >= 0.6 is 12.6 Å². The third-order valence-corrected chi connectivity index (χ3v) is 3.39. The number of rotatable bonds is 8. The van der Waals surface area contributed by atoms with E-state index < -0.39 is 6.04 Å². The quantitative estimate of drug-likeness (QED) is 0.530. The molecular weight excluding hydrogens is 258 g/mol. The van der Waals surface area contributed by atoms with Gasteiger partial charge in [0.15, 0.2) is 0 Å². The molecule has 4 nitrogen and oxygen atoms in total. The number of nitrogens with one attached hydrogen (secondary N) is 1. The van der Waals surface area contributed by atoms with Crippen LogP contribution in [0.4, 0.5) is 0 Å². The SMILES string of the molecule is NCCC[C@H](N)C(=O)N[C@H](CS)Cc1ccccc1. The standard InChI is InChI=1S/C14H23N3OS/c15-8-4-7-13(16)14(18)17-12(10-19)9-11-5-2-1-3-6-11/h1-3,5-6,12-13,19H,4,7-10,15-16H2,(H,17,18)/t12-,13-/m0/s1. The molecule has 0 fully saturated rings. The van der Waals surface area contributed by atoms with E-state index >= 15 is 0 Å². The molecule has 0 saturated carbocycles. The third kappa shape index (κ3) is 6.09. The average molecular weight is 281 g/mol. The number of carbonyl (C=O) groups excluding carboxylic acids is 1. The molecule has 0 aliphatic heterocycles. The molecule has 5 N–H and O–H groups in total. The lowest BCUT2D eigenvalue weighted by molar-refractivity contribution is -0.123. The zero-order valence-electron chi connectivity index (χ0n) is 11.1. The molecule has 0 unspecified atom stereocenters. The largest absolute Gasteiger partial charge is 0.351 e. The van der Waals surface area contributed by atoms with Gasteiger partial charge in [0.2, 0.25) is 5.91 Å². The fourth-order valence-electron chi connectivity index (χ4n) is 1.84. The molecule has 1 rings (SSSR count). The molecule has 0 aromatic heterocycles. The molecule has 0 saturated heterocycles. The van der Waals surface area contributed by atoms with E-state index in [9.17, 15) is 4.79 Å². The molecule has 0 aliphatic carbocycles. The zero-order valence-corrected chi connectivity index (χ0v) is 12.0. The van der Waals surface area contributed by atoms with E-state index in [0.717, 1.165) is 12.8 Å². The van der Waals surface area contributed by atoms with Gasteiger partial charge in [-0.2, -0.15) is 12.6 Å². The highest BCUT2D eigenvalue weighted by Gasteiger charge is 2.17. The van der Waals surface area contributed by atoms with Crippen molar-refractivity contribution in [1.82, 2.24) is 5.32 Å². The zero-order chi connectivity index (χ0) is 14.1. The van der Waals surface area contributed by atoms with Gasteiger partial charge < -0.3 is 16.8 Å². The van der Waals surface area contributed by atoms with Crippen LogP contribution in [0.5, 0.6) is 0 Å². The van der Waals surface area contributed by atoms with Gasteiger partial charge in [-0.1, -0.05) is 30.3 Å². The van der Waals surface area contributed by atoms with Crippen LogP contribution in [-0.4, -0.2) is 30.3 Å².